The summed E-state index contributed by atoms with van der Waals surface area (Å²) in [5.41, 5.74) is 8.78. The quantitative estimate of drug-likeness (QED) is 0.831. The van der Waals surface area contributed by atoms with Crippen molar-refractivity contribution >= 4 is 5.69 Å². The van der Waals surface area contributed by atoms with Crippen molar-refractivity contribution in [2.75, 3.05) is 12.8 Å². The molecule has 0 spiro atoms. The third-order valence-corrected chi connectivity index (χ3v) is 3.12. The molecule has 5 heteroatoms. The van der Waals surface area contributed by atoms with Gasteiger partial charge in [0.05, 0.1) is 5.69 Å². The van der Waals surface area contributed by atoms with E-state index in [0.29, 0.717) is 0 Å². The highest BCUT2D eigenvalue weighted by Crippen LogP contribution is 2.21. The van der Waals surface area contributed by atoms with Crippen LogP contribution >= 0.6 is 0 Å². The number of nitrogens with two attached hydrogens (primary N) is 1. The van der Waals surface area contributed by atoms with Crippen LogP contribution in [-0.4, -0.2) is 26.9 Å². The predicted molar refractivity (Wildman–Crippen MR) is 71.7 cm³/mol. The summed E-state index contributed by atoms with van der Waals surface area (Å²) in [5, 5.41) is 8.03. The monoisotopic (exact) mass is 245 g/mol. The van der Waals surface area contributed by atoms with Crippen molar-refractivity contribution in [3.05, 3.63) is 41.7 Å². The van der Waals surface area contributed by atoms with Crippen molar-refractivity contribution in [1.82, 2.24) is 19.9 Å². The van der Waals surface area contributed by atoms with E-state index < -0.39 is 0 Å². The summed E-state index contributed by atoms with van der Waals surface area (Å²) in [6, 6.07) is 8.28. The molecule has 0 bridgehead atoms. The Morgan fingerprint density at radius 3 is 2.83 bits per heavy atom. The number of hydrogen-bond donors (Lipinski definition) is 1. The van der Waals surface area contributed by atoms with Crippen LogP contribution in [0.4, 0.5) is 5.69 Å². The van der Waals surface area contributed by atoms with E-state index in [1.165, 1.54) is 5.56 Å². The van der Waals surface area contributed by atoms with Gasteiger partial charge < -0.3 is 5.73 Å². The normalized spacial score (nSPS) is 12.9. The minimum absolute atomic E-state index is 0.288. The Bertz CT molecular complexity index is 520. The summed E-state index contributed by atoms with van der Waals surface area (Å²) in [7, 11) is 3.94. The molecule has 96 valence electrons. The Morgan fingerprint density at radius 1 is 1.44 bits per heavy atom. The number of benzene rings is 1. The third kappa shape index (κ3) is 2.87. The van der Waals surface area contributed by atoms with Crippen molar-refractivity contribution in [1.29, 1.82) is 0 Å². The molecule has 1 atom stereocenters. The lowest BCUT2D eigenvalue weighted by Crippen LogP contribution is -2.22. The highest BCUT2D eigenvalue weighted by atomic mass is 15.4. The van der Waals surface area contributed by atoms with Crippen LogP contribution in [0, 0.1) is 0 Å². The van der Waals surface area contributed by atoms with Gasteiger partial charge in [0.25, 0.3) is 0 Å². The zero-order valence-electron chi connectivity index (χ0n) is 11.0. The average molecular weight is 245 g/mol. The van der Waals surface area contributed by atoms with Crippen LogP contribution in [-0.2, 0) is 13.6 Å². The first kappa shape index (κ1) is 12.6. The van der Waals surface area contributed by atoms with Crippen molar-refractivity contribution in [3.63, 3.8) is 0 Å². The molecule has 2 aromatic rings. The Hall–Kier alpha value is -1.88. The Kier molecular flexibility index (Phi) is 3.62. The van der Waals surface area contributed by atoms with Gasteiger partial charge in [-0.25, -0.2) is 0 Å². The molecule has 1 aromatic carbocycles. The van der Waals surface area contributed by atoms with Gasteiger partial charge in [0, 0.05) is 31.5 Å². The number of aryl methyl sites for hydroxylation is 1. The van der Waals surface area contributed by atoms with Gasteiger partial charge in [-0.1, -0.05) is 17.3 Å². The maximum atomic E-state index is 5.81. The molecule has 1 heterocycles. The van der Waals surface area contributed by atoms with Crippen molar-refractivity contribution in [2.45, 2.75) is 19.5 Å². The van der Waals surface area contributed by atoms with E-state index in [-0.39, 0.29) is 6.04 Å². The second-order valence-electron chi connectivity index (χ2n) is 4.64. The van der Waals surface area contributed by atoms with Gasteiger partial charge in [-0.3, -0.25) is 9.58 Å². The summed E-state index contributed by atoms with van der Waals surface area (Å²) in [4.78, 5) is 2.22. The predicted octanol–water partition coefficient (Wildman–Crippen LogP) is 1.59. The SMILES string of the molecule is CC(c1cccc(N)c1)N(C)Cc1cn(C)nn1. The van der Waals surface area contributed by atoms with Crippen LogP contribution in [0.15, 0.2) is 30.5 Å². The van der Waals surface area contributed by atoms with Gasteiger partial charge in [-0.05, 0) is 31.7 Å². The second kappa shape index (κ2) is 5.18. The lowest BCUT2D eigenvalue weighted by molar-refractivity contribution is 0.250. The number of anilines is 1. The number of nitrogen functional groups attached to an aromatic ring is 1. The van der Waals surface area contributed by atoms with Gasteiger partial charge in [0.15, 0.2) is 0 Å². The van der Waals surface area contributed by atoms with Gasteiger partial charge in [-0.15, -0.1) is 5.10 Å². The van der Waals surface area contributed by atoms with Crippen molar-refractivity contribution in [2.24, 2.45) is 7.05 Å². The molecule has 18 heavy (non-hydrogen) atoms. The number of nitrogens with zero attached hydrogens (tertiary/aromatic N) is 4. The first-order chi connectivity index (χ1) is 8.56. The lowest BCUT2D eigenvalue weighted by Gasteiger charge is -2.24. The van der Waals surface area contributed by atoms with E-state index in [0.717, 1.165) is 17.9 Å². The van der Waals surface area contributed by atoms with Crippen LogP contribution in [0.25, 0.3) is 0 Å². The van der Waals surface area contributed by atoms with E-state index >= 15 is 0 Å². The fourth-order valence-electron chi connectivity index (χ4n) is 1.93. The molecule has 0 saturated carbocycles. The molecule has 0 aliphatic heterocycles. The molecule has 0 saturated heterocycles. The highest BCUT2D eigenvalue weighted by Gasteiger charge is 2.13. The van der Waals surface area contributed by atoms with Crippen LogP contribution in [0.3, 0.4) is 0 Å². The molecule has 1 aromatic heterocycles. The largest absolute Gasteiger partial charge is 0.399 e. The second-order valence-corrected chi connectivity index (χ2v) is 4.64. The van der Waals surface area contributed by atoms with E-state index in [1.807, 2.05) is 31.4 Å². The minimum atomic E-state index is 0.288. The zero-order valence-corrected chi connectivity index (χ0v) is 11.0. The average Bonchev–Trinajstić information content (AvgIpc) is 2.73. The molecule has 0 fully saturated rings. The first-order valence-electron chi connectivity index (χ1n) is 5.97. The Labute approximate surface area is 107 Å². The van der Waals surface area contributed by atoms with Crippen LogP contribution in [0.2, 0.25) is 0 Å². The summed E-state index contributed by atoms with van der Waals surface area (Å²) in [6.45, 7) is 2.93. The zero-order chi connectivity index (χ0) is 13.1. The van der Waals surface area contributed by atoms with E-state index in [1.54, 1.807) is 4.68 Å². The molecule has 0 amide bonds. The maximum Gasteiger partial charge on any atom is 0.0967 e. The van der Waals surface area contributed by atoms with E-state index in [9.17, 15) is 0 Å². The maximum absolute atomic E-state index is 5.81. The van der Waals surface area contributed by atoms with Crippen molar-refractivity contribution < 1.29 is 0 Å². The van der Waals surface area contributed by atoms with Crippen molar-refractivity contribution in [3.8, 4) is 0 Å². The fourth-order valence-corrected chi connectivity index (χ4v) is 1.93. The third-order valence-electron chi connectivity index (χ3n) is 3.12. The number of aromatic nitrogens is 3. The van der Waals surface area contributed by atoms with Gasteiger partial charge in [0.1, 0.15) is 0 Å². The number of rotatable bonds is 4. The molecule has 0 aliphatic carbocycles. The molecular weight excluding hydrogens is 226 g/mol. The summed E-state index contributed by atoms with van der Waals surface area (Å²) in [5.74, 6) is 0. The van der Waals surface area contributed by atoms with Crippen LogP contribution < -0.4 is 5.73 Å². The van der Waals surface area contributed by atoms with Gasteiger partial charge in [-0.2, -0.15) is 0 Å². The highest BCUT2D eigenvalue weighted by molar-refractivity contribution is 5.41. The smallest absolute Gasteiger partial charge is 0.0967 e. The standard InChI is InChI=1S/C13H19N5/c1-10(11-5-4-6-12(14)7-11)17(2)8-13-9-18(3)16-15-13/h4-7,9-10H,8,14H2,1-3H3. The van der Waals surface area contributed by atoms with E-state index in [4.69, 9.17) is 5.73 Å². The van der Waals surface area contributed by atoms with Gasteiger partial charge >= 0.3 is 0 Å². The summed E-state index contributed by atoms with van der Waals surface area (Å²) < 4.78 is 1.72. The molecular formula is C13H19N5. The Balaban J connectivity index is 2.06. The van der Waals surface area contributed by atoms with E-state index in [2.05, 4.69) is 35.2 Å². The minimum Gasteiger partial charge on any atom is -0.399 e. The van der Waals surface area contributed by atoms with Gasteiger partial charge in [0.2, 0.25) is 0 Å². The molecule has 0 radical (unpaired) electrons. The topological polar surface area (TPSA) is 60.0 Å². The molecule has 0 aliphatic rings. The summed E-state index contributed by atoms with van der Waals surface area (Å²) >= 11 is 0. The molecule has 2 rings (SSSR count). The van der Waals surface area contributed by atoms with Crippen LogP contribution in [0.1, 0.15) is 24.2 Å². The fraction of sp³-hybridized carbons (Fsp3) is 0.385. The first-order valence-corrected chi connectivity index (χ1v) is 5.97. The summed E-state index contributed by atoms with van der Waals surface area (Å²) in [6.07, 6.45) is 1.93. The molecule has 5 nitrogen and oxygen atoms in total. The molecule has 1 unspecified atom stereocenters. The lowest BCUT2D eigenvalue weighted by atomic mass is 10.1. The Morgan fingerprint density at radius 2 is 2.22 bits per heavy atom. The molecule has 2 N–H and O–H groups in total. The van der Waals surface area contributed by atoms with Crippen LogP contribution in [0.5, 0.6) is 0 Å². The number of hydrogen-bond acceptors (Lipinski definition) is 4.